The summed E-state index contributed by atoms with van der Waals surface area (Å²) in [4.78, 5) is 24.3. The molecule has 0 aliphatic heterocycles. The first-order valence-corrected chi connectivity index (χ1v) is 9.53. The van der Waals surface area contributed by atoms with E-state index in [2.05, 4.69) is 38.4 Å². The SMILES string of the molecule is C=CCOc1ccc(Br)cc1/C=N\NC(=O)C(=O)Nc1cccc2ccccc12. The van der Waals surface area contributed by atoms with Gasteiger partial charge in [-0.15, -0.1) is 0 Å². The summed E-state index contributed by atoms with van der Waals surface area (Å²) in [6.45, 7) is 3.95. The zero-order valence-electron chi connectivity index (χ0n) is 15.4. The summed E-state index contributed by atoms with van der Waals surface area (Å²) in [6.07, 6.45) is 3.04. The maximum Gasteiger partial charge on any atom is 0.329 e. The third-order valence-corrected chi connectivity index (χ3v) is 4.44. The molecule has 0 spiro atoms. The molecule has 3 rings (SSSR count). The molecule has 29 heavy (non-hydrogen) atoms. The van der Waals surface area contributed by atoms with Gasteiger partial charge in [-0.25, -0.2) is 5.43 Å². The quantitative estimate of drug-likeness (QED) is 0.254. The number of carbonyl (C=O) groups is 2. The molecule has 0 saturated carbocycles. The maximum atomic E-state index is 12.2. The van der Waals surface area contributed by atoms with E-state index in [1.54, 1.807) is 24.3 Å². The van der Waals surface area contributed by atoms with Gasteiger partial charge in [-0.05, 0) is 29.7 Å². The van der Waals surface area contributed by atoms with Crippen LogP contribution in [0, 0.1) is 0 Å². The monoisotopic (exact) mass is 451 g/mol. The highest BCUT2D eigenvalue weighted by atomic mass is 79.9. The number of nitrogens with zero attached hydrogens (tertiary/aromatic N) is 1. The lowest BCUT2D eigenvalue weighted by molar-refractivity contribution is -0.136. The van der Waals surface area contributed by atoms with Gasteiger partial charge in [-0.1, -0.05) is 65.0 Å². The molecular formula is C22H18BrN3O3. The molecule has 0 radical (unpaired) electrons. The fourth-order valence-corrected chi connectivity index (χ4v) is 3.00. The number of anilines is 1. The van der Waals surface area contributed by atoms with Gasteiger partial charge in [0.2, 0.25) is 0 Å². The van der Waals surface area contributed by atoms with Gasteiger partial charge in [0.15, 0.2) is 0 Å². The van der Waals surface area contributed by atoms with E-state index in [1.807, 2.05) is 42.5 Å². The van der Waals surface area contributed by atoms with Gasteiger partial charge in [0, 0.05) is 21.1 Å². The van der Waals surface area contributed by atoms with Crippen molar-refractivity contribution in [1.29, 1.82) is 0 Å². The number of ether oxygens (including phenoxy) is 1. The van der Waals surface area contributed by atoms with Crippen LogP contribution in [0.25, 0.3) is 10.8 Å². The van der Waals surface area contributed by atoms with Crippen molar-refractivity contribution in [3.8, 4) is 5.75 Å². The van der Waals surface area contributed by atoms with Crippen LogP contribution in [-0.4, -0.2) is 24.6 Å². The lowest BCUT2D eigenvalue weighted by Gasteiger charge is -2.08. The smallest absolute Gasteiger partial charge is 0.329 e. The predicted molar refractivity (Wildman–Crippen MR) is 118 cm³/mol. The van der Waals surface area contributed by atoms with Crippen LogP contribution in [0.4, 0.5) is 5.69 Å². The Labute approximate surface area is 176 Å². The Bertz CT molecular complexity index is 1090. The molecule has 0 fully saturated rings. The van der Waals surface area contributed by atoms with Crippen molar-refractivity contribution < 1.29 is 14.3 Å². The van der Waals surface area contributed by atoms with Crippen LogP contribution in [0.5, 0.6) is 5.75 Å². The first kappa shape index (κ1) is 20.3. The minimum absolute atomic E-state index is 0.336. The van der Waals surface area contributed by atoms with Crippen molar-refractivity contribution in [3.63, 3.8) is 0 Å². The topological polar surface area (TPSA) is 79.8 Å². The van der Waals surface area contributed by atoms with Crippen LogP contribution < -0.4 is 15.5 Å². The molecule has 7 heteroatoms. The van der Waals surface area contributed by atoms with Gasteiger partial charge >= 0.3 is 11.8 Å². The summed E-state index contributed by atoms with van der Waals surface area (Å²) in [6, 6.07) is 18.4. The Morgan fingerprint density at radius 2 is 1.86 bits per heavy atom. The van der Waals surface area contributed by atoms with Gasteiger partial charge in [-0.3, -0.25) is 9.59 Å². The summed E-state index contributed by atoms with van der Waals surface area (Å²) in [7, 11) is 0. The van der Waals surface area contributed by atoms with E-state index in [0.29, 0.717) is 23.6 Å². The number of nitrogens with one attached hydrogen (secondary N) is 2. The Kier molecular flexibility index (Phi) is 6.76. The second-order valence-electron chi connectivity index (χ2n) is 5.96. The van der Waals surface area contributed by atoms with E-state index >= 15 is 0 Å². The van der Waals surface area contributed by atoms with Crippen molar-refractivity contribution in [1.82, 2.24) is 5.43 Å². The molecule has 2 amide bonds. The molecule has 3 aromatic carbocycles. The summed E-state index contributed by atoms with van der Waals surface area (Å²) < 4.78 is 6.37. The number of amides is 2. The average molecular weight is 452 g/mol. The Balaban J connectivity index is 1.67. The highest BCUT2D eigenvalue weighted by Gasteiger charge is 2.14. The number of halogens is 1. The largest absolute Gasteiger partial charge is 0.489 e. The standard InChI is InChI=1S/C22H18BrN3O3/c1-2-12-29-20-11-10-17(23)13-16(20)14-24-26-22(28)21(27)25-19-9-5-7-15-6-3-4-8-18(15)19/h2-11,13-14H,1,12H2,(H,25,27)(H,26,28)/b24-14-. The molecule has 146 valence electrons. The summed E-state index contributed by atoms with van der Waals surface area (Å²) in [5.74, 6) is -1.11. The Morgan fingerprint density at radius 1 is 1.07 bits per heavy atom. The fraction of sp³-hybridized carbons (Fsp3) is 0.0455. The maximum absolute atomic E-state index is 12.2. The van der Waals surface area contributed by atoms with Crippen LogP contribution in [0.3, 0.4) is 0 Å². The van der Waals surface area contributed by atoms with E-state index in [4.69, 9.17) is 4.74 Å². The summed E-state index contributed by atoms with van der Waals surface area (Å²) in [5.41, 5.74) is 3.42. The van der Waals surface area contributed by atoms with Crippen LogP contribution in [-0.2, 0) is 9.59 Å². The van der Waals surface area contributed by atoms with Crippen molar-refractivity contribution in [2.75, 3.05) is 11.9 Å². The molecular weight excluding hydrogens is 434 g/mol. The normalized spacial score (nSPS) is 10.7. The molecule has 0 aliphatic carbocycles. The van der Waals surface area contributed by atoms with Crippen molar-refractivity contribution >= 4 is 50.4 Å². The van der Waals surface area contributed by atoms with Gasteiger partial charge < -0.3 is 10.1 Å². The van der Waals surface area contributed by atoms with Crippen molar-refractivity contribution in [2.45, 2.75) is 0 Å². The molecule has 2 N–H and O–H groups in total. The van der Waals surface area contributed by atoms with E-state index in [-0.39, 0.29) is 0 Å². The third kappa shape index (κ3) is 5.30. The lowest BCUT2D eigenvalue weighted by Crippen LogP contribution is -2.32. The van der Waals surface area contributed by atoms with E-state index < -0.39 is 11.8 Å². The number of hydrazone groups is 1. The van der Waals surface area contributed by atoms with E-state index in [0.717, 1.165) is 15.2 Å². The van der Waals surface area contributed by atoms with Gasteiger partial charge in [0.05, 0.1) is 6.21 Å². The average Bonchev–Trinajstić information content (AvgIpc) is 2.73. The van der Waals surface area contributed by atoms with Gasteiger partial charge in [-0.2, -0.15) is 5.10 Å². The number of hydrogen-bond acceptors (Lipinski definition) is 4. The fourth-order valence-electron chi connectivity index (χ4n) is 2.63. The summed E-state index contributed by atoms with van der Waals surface area (Å²) >= 11 is 3.38. The number of hydrogen-bond donors (Lipinski definition) is 2. The summed E-state index contributed by atoms with van der Waals surface area (Å²) in [5, 5.41) is 8.29. The second kappa shape index (κ2) is 9.66. The van der Waals surface area contributed by atoms with Crippen molar-refractivity contribution in [3.05, 3.63) is 83.4 Å². The highest BCUT2D eigenvalue weighted by Crippen LogP contribution is 2.23. The van der Waals surface area contributed by atoms with Gasteiger partial charge in [0.1, 0.15) is 12.4 Å². The van der Waals surface area contributed by atoms with E-state index in [9.17, 15) is 9.59 Å². The number of fused-ring (bicyclic) bond motifs is 1. The molecule has 3 aromatic rings. The van der Waals surface area contributed by atoms with Crippen LogP contribution in [0.1, 0.15) is 5.56 Å². The molecule has 6 nitrogen and oxygen atoms in total. The predicted octanol–water partition coefficient (Wildman–Crippen LogP) is 4.26. The molecule has 0 atom stereocenters. The first-order chi connectivity index (χ1) is 14.1. The minimum Gasteiger partial charge on any atom is -0.489 e. The second-order valence-corrected chi connectivity index (χ2v) is 6.88. The Morgan fingerprint density at radius 3 is 2.69 bits per heavy atom. The van der Waals surface area contributed by atoms with Crippen molar-refractivity contribution in [2.24, 2.45) is 5.10 Å². The zero-order valence-corrected chi connectivity index (χ0v) is 17.0. The molecule has 0 saturated heterocycles. The number of benzene rings is 3. The first-order valence-electron chi connectivity index (χ1n) is 8.74. The van der Waals surface area contributed by atoms with Crippen LogP contribution in [0.15, 0.2) is 82.9 Å². The Hall–Kier alpha value is -3.45. The lowest BCUT2D eigenvalue weighted by atomic mass is 10.1. The van der Waals surface area contributed by atoms with Crippen LogP contribution in [0.2, 0.25) is 0 Å². The van der Waals surface area contributed by atoms with Gasteiger partial charge in [0.25, 0.3) is 0 Å². The van der Waals surface area contributed by atoms with E-state index in [1.165, 1.54) is 6.21 Å². The number of carbonyl (C=O) groups excluding carboxylic acids is 2. The van der Waals surface area contributed by atoms with Crippen LogP contribution >= 0.6 is 15.9 Å². The minimum atomic E-state index is -0.877. The number of rotatable bonds is 6. The molecule has 0 heterocycles. The molecule has 0 aromatic heterocycles. The molecule has 0 bridgehead atoms. The molecule has 0 unspecified atom stereocenters. The molecule has 0 aliphatic rings. The highest BCUT2D eigenvalue weighted by molar-refractivity contribution is 9.10. The third-order valence-electron chi connectivity index (χ3n) is 3.94. The zero-order chi connectivity index (χ0) is 20.6.